The van der Waals surface area contributed by atoms with Gasteiger partial charge in [0, 0.05) is 20.6 Å². The highest BCUT2D eigenvalue weighted by atomic mass is 16.7. The summed E-state index contributed by atoms with van der Waals surface area (Å²) in [5, 5.41) is 2.85. The third-order valence-electron chi connectivity index (χ3n) is 3.13. The second kappa shape index (κ2) is 11.1. The molecular formula is C14H26N2O6. The van der Waals surface area contributed by atoms with Crippen molar-refractivity contribution >= 4 is 17.7 Å². The molecule has 22 heavy (non-hydrogen) atoms. The largest absolute Gasteiger partial charge is 0.469 e. The minimum absolute atomic E-state index is 0.0432. The van der Waals surface area contributed by atoms with Gasteiger partial charge in [0.05, 0.1) is 26.2 Å². The van der Waals surface area contributed by atoms with Gasteiger partial charge >= 0.3 is 5.97 Å². The fourth-order valence-electron chi connectivity index (χ4n) is 1.90. The van der Waals surface area contributed by atoms with E-state index in [1.165, 1.54) is 33.2 Å². The maximum atomic E-state index is 12.5. The minimum Gasteiger partial charge on any atom is -0.469 e. The van der Waals surface area contributed by atoms with E-state index in [9.17, 15) is 14.4 Å². The molecule has 0 spiro atoms. The highest BCUT2D eigenvalue weighted by Gasteiger charge is 2.26. The highest BCUT2D eigenvalue weighted by Crippen LogP contribution is 2.06. The van der Waals surface area contributed by atoms with Crippen molar-refractivity contribution in [3.05, 3.63) is 0 Å². The lowest BCUT2D eigenvalue weighted by atomic mass is 10.1. The Balaban J connectivity index is 4.88. The monoisotopic (exact) mass is 318 g/mol. The van der Waals surface area contributed by atoms with Crippen LogP contribution in [0, 0.1) is 0 Å². The summed E-state index contributed by atoms with van der Waals surface area (Å²) in [6, 6.07) is -0.590. The third kappa shape index (κ3) is 7.48. The minimum atomic E-state index is -0.624. The van der Waals surface area contributed by atoms with Gasteiger partial charge in [0.15, 0.2) is 6.29 Å². The molecule has 0 rings (SSSR count). The first kappa shape index (κ1) is 20.5. The number of hydrogen-bond acceptors (Lipinski definition) is 7. The van der Waals surface area contributed by atoms with Crippen LogP contribution in [0.3, 0.4) is 0 Å². The molecule has 0 radical (unpaired) electrons. The number of methoxy groups -OCH3 is 3. The maximum Gasteiger partial charge on any atom is 0.305 e. The van der Waals surface area contributed by atoms with E-state index in [0.29, 0.717) is 0 Å². The Kier molecular flexibility index (Phi) is 10.3. The van der Waals surface area contributed by atoms with E-state index in [1.54, 1.807) is 7.05 Å². The van der Waals surface area contributed by atoms with Crippen molar-refractivity contribution in [2.24, 2.45) is 0 Å². The SMILES string of the molecule is CN[C@H](CCC(=O)OC)C(=O)N(CC(C)=O)CC(OC)OC. The third-order valence-corrected chi connectivity index (χ3v) is 3.13. The smallest absolute Gasteiger partial charge is 0.305 e. The molecule has 0 bridgehead atoms. The van der Waals surface area contributed by atoms with Gasteiger partial charge < -0.3 is 24.4 Å². The van der Waals surface area contributed by atoms with Gasteiger partial charge in [-0.3, -0.25) is 14.4 Å². The zero-order chi connectivity index (χ0) is 17.1. The van der Waals surface area contributed by atoms with Gasteiger partial charge in [-0.25, -0.2) is 0 Å². The number of hydrogen-bond donors (Lipinski definition) is 1. The van der Waals surface area contributed by atoms with Gasteiger partial charge in [0.1, 0.15) is 5.78 Å². The summed E-state index contributed by atoms with van der Waals surface area (Å²) in [6.45, 7) is 1.48. The average Bonchev–Trinajstić information content (AvgIpc) is 2.50. The number of ether oxygens (including phenoxy) is 3. The fraction of sp³-hybridized carbons (Fsp3) is 0.786. The van der Waals surface area contributed by atoms with E-state index in [2.05, 4.69) is 10.1 Å². The highest BCUT2D eigenvalue weighted by molar-refractivity contribution is 5.87. The van der Waals surface area contributed by atoms with Crippen molar-refractivity contribution in [1.29, 1.82) is 0 Å². The van der Waals surface area contributed by atoms with Crippen molar-refractivity contribution < 1.29 is 28.6 Å². The number of rotatable bonds is 11. The lowest BCUT2D eigenvalue weighted by molar-refractivity contribution is -0.150. The van der Waals surface area contributed by atoms with Crippen molar-refractivity contribution in [3.8, 4) is 0 Å². The van der Waals surface area contributed by atoms with Crippen LogP contribution in [0.25, 0.3) is 0 Å². The van der Waals surface area contributed by atoms with Crippen molar-refractivity contribution in [3.63, 3.8) is 0 Å². The molecule has 0 aromatic rings. The number of likely N-dealkylation sites (N-methyl/N-ethyl adjacent to an activating group) is 1. The molecule has 0 saturated heterocycles. The van der Waals surface area contributed by atoms with E-state index in [-0.39, 0.29) is 37.6 Å². The number of carbonyl (C=O) groups excluding carboxylic acids is 3. The molecule has 0 fully saturated rings. The topological polar surface area (TPSA) is 94.2 Å². The van der Waals surface area contributed by atoms with Crippen LogP contribution in [0.4, 0.5) is 0 Å². The lowest BCUT2D eigenvalue weighted by Gasteiger charge is -2.28. The second-order valence-corrected chi connectivity index (χ2v) is 4.78. The first-order valence-electron chi connectivity index (χ1n) is 6.97. The van der Waals surface area contributed by atoms with Crippen molar-refractivity contribution in [2.75, 3.05) is 41.5 Å². The Hall–Kier alpha value is -1.51. The van der Waals surface area contributed by atoms with Gasteiger partial charge in [-0.2, -0.15) is 0 Å². The Morgan fingerprint density at radius 1 is 1.14 bits per heavy atom. The van der Waals surface area contributed by atoms with Gasteiger partial charge in [-0.05, 0) is 20.4 Å². The summed E-state index contributed by atoms with van der Waals surface area (Å²) in [4.78, 5) is 36.5. The van der Waals surface area contributed by atoms with Gasteiger partial charge in [-0.1, -0.05) is 0 Å². The van der Waals surface area contributed by atoms with Crippen LogP contribution in [0.5, 0.6) is 0 Å². The Labute approximate surface area is 131 Å². The number of Topliss-reactive ketones (excluding diaryl/α,β-unsaturated/α-hetero) is 1. The molecule has 1 amide bonds. The van der Waals surface area contributed by atoms with Gasteiger partial charge in [-0.15, -0.1) is 0 Å². The first-order valence-corrected chi connectivity index (χ1v) is 6.97. The van der Waals surface area contributed by atoms with Crippen LogP contribution in [0.2, 0.25) is 0 Å². The zero-order valence-electron chi connectivity index (χ0n) is 13.9. The number of carbonyl (C=O) groups is 3. The normalized spacial score (nSPS) is 12.1. The summed E-state index contributed by atoms with van der Waals surface area (Å²) >= 11 is 0. The average molecular weight is 318 g/mol. The number of amides is 1. The summed E-state index contributed by atoms with van der Waals surface area (Å²) in [5.74, 6) is -0.833. The molecule has 8 nitrogen and oxygen atoms in total. The van der Waals surface area contributed by atoms with Crippen molar-refractivity contribution in [2.45, 2.75) is 32.1 Å². The van der Waals surface area contributed by atoms with Crippen molar-refractivity contribution in [1.82, 2.24) is 10.2 Å². The van der Waals surface area contributed by atoms with Crippen LogP contribution in [0.1, 0.15) is 19.8 Å². The van der Waals surface area contributed by atoms with Crippen LogP contribution < -0.4 is 5.32 Å². The maximum absolute atomic E-state index is 12.5. The summed E-state index contributed by atoms with van der Waals surface area (Å²) in [6.07, 6.45) is -0.234. The number of ketones is 1. The molecule has 1 N–H and O–H groups in total. The van der Waals surface area contributed by atoms with E-state index in [4.69, 9.17) is 9.47 Å². The molecule has 0 unspecified atom stereocenters. The number of esters is 1. The molecule has 0 aromatic carbocycles. The molecular weight excluding hydrogens is 292 g/mol. The molecule has 0 aromatic heterocycles. The predicted molar refractivity (Wildman–Crippen MR) is 79.2 cm³/mol. The molecule has 128 valence electrons. The first-order chi connectivity index (χ1) is 10.4. The van der Waals surface area contributed by atoms with Gasteiger partial charge in [0.2, 0.25) is 5.91 Å². The quantitative estimate of drug-likeness (QED) is 0.408. The molecule has 0 heterocycles. The number of nitrogens with one attached hydrogen (secondary N) is 1. The zero-order valence-corrected chi connectivity index (χ0v) is 13.9. The second-order valence-electron chi connectivity index (χ2n) is 4.78. The fourth-order valence-corrected chi connectivity index (χ4v) is 1.90. The molecule has 0 aliphatic heterocycles. The van der Waals surface area contributed by atoms with Gasteiger partial charge in [0.25, 0.3) is 0 Å². The molecule has 1 atom stereocenters. The van der Waals surface area contributed by atoms with E-state index >= 15 is 0 Å². The Morgan fingerprint density at radius 2 is 1.73 bits per heavy atom. The van der Waals surface area contributed by atoms with E-state index in [0.717, 1.165) is 0 Å². The van der Waals surface area contributed by atoms with E-state index < -0.39 is 18.3 Å². The van der Waals surface area contributed by atoms with Crippen LogP contribution in [-0.2, 0) is 28.6 Å². The van der Waals surface area contributed by atoms with Crippen LogP contribution in [0.15, 0.2) is 0 Å². The molecule has 0 saturated carbocycles. The van der Waals surface area contributed by atoms with Crippen LogP contribution >= 0.6 is 0 Å². The van der Waals surface area contributed by atoms with Crippen LogP contribution in [-0.4, -0.2) is 76.4 Å². The molecule has 8 heteroatoms. The molecule has 0 aliphatic carbocycles. The molecule has 0 aliphatic rings. The Bertz CT molecular complexity index is 370. The van der Waals surface area contributed by atoms with E-state index in [1.807, 2.05) is 0 Å². The lowest BCUT2D eigenvalue weighted by Crippen LogP contribution is -2.50. The number of nitrogens with zero attached hydrogens (tertiary/aromatic N) is 1. The summed E-state index contributed by atoms with van der Waals surface area (Å²) < 4.78 is 14.7. The summed E-state index contributed by atoms with van der Waals surface area (Å²) in [7, 11) is 5.83. The predicted octanol–water partition coefficient (Wildman–Crippen LogP) is -0.436. The standard InChI is InChI=1S/C14H26N2O6/c1-10(17)8-16(9-13(21-4)22-5)14(19)11(15-2)6-7-12(18)20-3/h11,13,15H,6-9H2,1-5H3/t11-/m1/s1. The Morgan fingerprint density at radius 3 is 2.14 bits per heavy atom. The summed E-state index contributed by atoms with van der Waals surface area (Å²) in [5.41, 5.74) is 0.